The molecule has 172 valence electrons. The molecule has 0 bridgehead atoms. The lowest BCUT2D eigenvalue weighted by atomic mass is 9.98. The summed E-state index contributed by atoms with van der Waals surface area (Å²) in [7, 11) is 0. The maximum atomic E-state index is 12.6. The minimum atomic E-state index is -1.22. The number of carbonyl (C=O) groups is 3. The van der Waals surface area contributed by atoms with Gasteiger partial charge >= 0.3 is 12.1 Å². The number of anilines is 1. The molecule has 2 amide bonds. The Morgan fingerprint density at radius 3 is 2.18 bits per heavy atom. The number of carboxylic acids is 1. The van der Waals surface area contributed by atoms with Gasteiger partial charge in [0.15, 0.2) is 0 Å². The van der Waals surface area contributed by atoms with Gasteiger partial charge in [-0.05, 0) is 53.3 Å². The minimum absolute atomic E-state index is 0.0791. The first-order valence-electron chi connectivity index (χ1n) is 10.8. The number of halogens is 1. The largest absolute Gasteiger partial charge is 0.480 e. The van der Waals surface area contributed by atoms with Crippen LogP contribution in [-0.4, -0.2) is 35.2 Å². The first-order chi connectivity index (χ1) is 16.4. The maximum Gasteiger partial charge on any atom is 0.411 e. The zero-order valence-corrected chi connectivity index (χ0v) is 18.8. The fraction of sp³-hybridized carbons (Fsp3) is 0.192. The molecule has 3 N–H and O–H groups in total. The first kappa shape index (κ1) is 22.0. The number of hydrogen-bond acceptors (Lipinski definition) is 4. The van der Waals surface area contributed by atoms with Gasteiger partial charge in [-0.1, -0.05) is 60.1 Å². The summed E-state index contributed by atoms with van der Waals surface area (Å²) < 4.78 is 5.53. The van der Waals surface area contributed by atoms with E-state index in [4.69, 9.17) is 16.3 Å². The van der Waals surface area contributed by atoms with Crippen LogP contribution in [0.15, 0.2) is 66.7 Å². The number of aliphatic carboxylic acids is 1. The summed E-state index contributed by atoms with van der Waals surface area (Å²) >= 11 is 6.13. The zero-order valence-electron chi connectivity index (χ0n) is 18.0. The first-order valence-corrected chi connectivity index (χ1v) is 11.2. The average Bonchev–Trinajstić information content (AvgIpc) is 3.53. The van der Waals surface area contributed by atoms with Crippen LogP contribution in [0.3, 0.4) is 0 Å². The number of hydrogen-bond donors (Lipinski definition) is 3. The molecule has 2 aliphatic rings. The van der Waals surface area contributed by atoms with E-state index in [1.54, 1.807) is 0 Å². The Balaban J connectivity index is 1.27. The van der Waals surface area contributed by atoms with Crippen molar-refractivity contribution in [3.05, 3.63) is 88.4 Å². The molecule has 0 aromatic heterocycles. The summed E-state index contributed by atoms with van der Waals surface area (Å²) in [6, 6.07) is 20.4. The summed E-state index contributed by atoms with van der Waals surface area (Å²) in [4.78, 5) is 36.5. The molecule has 1 saturated carbocycles. The van der Waals surface area contributed by atoms with Crippen molar-refractivity contribution >= 4 is 35.3 Å². The normalized spacial score (nSPS) is 15.1. The Morgan fingerprint density at radius 1 is 0.971 bits per heavy atom. The van der Waals surface area contributed by atoms with Crippen molar-refractivity contribution in [2.24, 2.45) is 0 Å². The van der Waals surface area contributed by atoms with Crippen LogP contribution in [-0.2, 0) is 9.53 Å². The average molecular weight is 477 g/mol. The van der Waals surface area contributed by atoms with Crippen molar-refractivity contribution in [2.75, 3.05) is 11.9 Å². The van der Waals surface area contributed by atoms with Gasteiger partial charge < -0.3 is 15.2 Å². The van der Waals surface area contributed by atoms with Crippen molar-refractivity contribution in [1.29, 1.82) is 0 Å². The van der Waals surface area contributed by atoms with Gasteiger partial charge in [-0.3, -0.25) is 10.1 Å². The van der Waals surface area contributed by atoms with Crippen molar-refractivity contribution in [3.8, 4) is 11.1 Å². The molecule has 3 aromatic carbocycles. The molecule has 2 aliphatic carbocycles. The lowest BCUT2D eigenvalue weighted by Gasteiger charge is -2.15. The van der Waals surface area contributed by atoms with Crippen LogP contribution < -0.4 is 10.6 Å². The molecule has 8 heteroatoms. The quantitative estimate of drug-likeness (QED) is 0.462. The Bertz CT molecular complexity index is 1270. The minimum Gasteiger partial charge on any atom is -0.480 e. The van der Waals surface area contributed by atoms with E-state index < -0.39 is 23.5 Å². The number of fused-ring (bicyclic) bond motifs is 3. The highest BCUT2D eigenvalue weighted by Crippen LogP contribution is 2.44. The molecule has 0 atom stereocenters. The molecule has 7 nitrogen and oxygen atoms in total. The fourth-order valence-electron chi connectivity index (χ4n) is 4.35. The number of rotatable bonds is 6. The van der Waals surface area contributed by atoms with Crippen LogP contribution in [0.2, 0.25) is 5.02 Å². The molecule has 0 spiro atoms. The van der Waals surface area contributed by atoms with Crippen LogP contribution in [0.25, 0.3) is 11.1 Å². The van der Waals surface area contributed by atoms with Crippen LogP contribution in [0.4, 0.5) is 10.5 Å². The molecule has 5 rings (SSSR count). The third kappa shape index (κ3) is 4.10. The molecule has 1 fully saturated rings. The molecular weight excluding hydrogens is 456 g/mol. The van der Waals surface area contributed by atoms with E-state index in [2.05, 4.69) is 22.8 Å². The van der Waals surface area contributed by atoms with E-state index in [1.807, 2.05) is 36.4 Å². The fourth-order valence-corrected chi connectivity index (χ4v) is 4.59. The zero-order chi connectivity index (χ0) is 23.9. The number of amides is 2. The second-order valence-corrected chi connectivity index (χ2v) is 8.96. The molecule has 0 saturated heterocycles. The van der Waals surface area contributed by atoms with E-state index in [0.29, 0.717) is 12.8 Å². The number of carbonyl (C=O) groups excluding carboxylic acids is 2. The summed E-state index contributed by atoms with van der Waals surface area (Å²) in [6.07, 6.45) is 0.0682. The number of nitrogens with one attached hydrogen (secondary N) is 2. The molecular formula is C26H21ClN2O5. The smallest absolute Gasteiger partial charge is 0.411 e. The maximum absolute atomic E-state index is 12.6. The second-order valence-electron chi connectivity index (χ2n) is 8.52. The summed E-state index contributed by atoms with van der Waals surface area (Å²) in [5, 5.41) is 14.6. The highest BCUT2D eigenvalue weighted by molar-refractivity contribution is 6.31. The van der Waals surface area contributed by atoms with Gasteiger partial charge in [-0.25, -0.2) is 9.59 Å². The van der Waals surface area contributed by atoms with Crippen LogP contribution in [0.1, 0.15) is 40.2 Å². The van der Waals surface area contributed by atoms with Gasteiger partial charge in [0.2, 0.25) is 0 Å². The van der Waals surface area contributed by atoms with E-state index in [9.17, 15) is 19.5 Å². The molecule has 0 radical (unpaired) electrons. The van der Waals surface area contributed by atoms with Gasteiger partial charge in [0.25, 0.3) is 5.91 Å². The predicted molar refractivity (Wildman–Crippen MR) is 127 cm³/mol. The van der Waals surface area contributed by atoms with Crippen molar-refractivity contribution in [1.82, 2.24) is 5.32 Å². The molecule has 0 unspecified atom stereocenters. The molecule has 3 aromatic rings. The summed E-state index contributed by atoms with van der Waals surface area (Å²) in [5.41, 5.74) is 3.67. The number of ether oxygens (including phenoxy) is 1. The van der Waals surface area contributed by atoms with Gasteiger partial charge in [0.05, 0.1) is 0 Å². The summed E-state index contributed by atoms with van der Waals surface area (Å²) in [5.74, 6) is -1.72. The Morgan fingerprint density at radius 2 is 1.59 bits per heavy atom. The Hall–Kier alpha value is -3.84. The predicted octanol–water partition coefficient (Wildman–Crippen LogP) is 5.05. The highest BCUT2D eigenvalue weighted by Gasteiger charge is 2.51. The Kier molecular flexibility index (Phi) is 5.49. The van der Waals surface area contributed by atoms with Crippen LogP contribution in [0.5, 0.6) is 0 Å². The second kappa shape index (κ2) is 8.50. The monoisotopic (exact) mass is 476 g/mol. The van der Waals surface area contributed by atoms with Crippen molar-refractivity contribution in [3.63, 3.8) is 0 Å². The van der Waals surface area contributed by atoms with Crippen molar-refractivity contribution in [2.45, 2.75) is 24.3 Å². The third-order valence-corrected chi connectivity index (χ3v) is 6.48. The highest BCUT2D eigenvalue weighted by atomic mass is 35.5. The standard InChI is InChI=1S/C26H21ClN2O5/c27-16-11-15(23(30)29-26(9-10-26)24(31)32)12-17(13-16)28-25(33)34-14-22-20-7-3-1-5-18(20)19-6-2-4-8-21(19)22/h1-8,11-13,22H,9-10,14H2,(H,28,33)(H,29,30)(H,31,32). The van der Waals surface area contributed by atoms with E-state index in [0.717, 1.165) is 22.3 Å². The summed E-state index contributed by atoms with van der Waals surface area (Å²) in [6.45, 7) is 0.148. The third-order valence-electron chi connectivity index (χ3n) is 6.26. The number of carboxylic acid groups (broad SMARTS) is 1. The van der Waals surface area contributed by atoms with Crippen molar-refractivity contribution < 1.29 is 24.2 Å². The SMILES string of the molecule is O=C(Nc1cc(Cl)cc(C(=O)NC2(C(=O)O)CC2)c1)OCC1c2ccccc2-c2ccccc21. The van der Waals surface area contributed by atoms with Crippen LogP contribution >= 0.6 is 11.6 Å². The molecule has 0 aliphatic heterocycles. The molecule has 34 heavy (non-hydrogen) atoms. The number of benzene rings is 3. The van der Waals surface area contributed by atoms with Gasteiger partial charge in [0.1, 0.15) is 12.1 Å². The lowest BCUT2D eigenvalue weighted by Crippen LogP contribution is -2.43. The van der Waals surface area contributed by atoms with Crippen LogP contribution in [0, 0.1) is 0 Å². The van der Waals surface area contributed by atoms with E-state index in [1.165, 1.54) is 18.2 Å². The Labute approximate surface area is 200 Å². The van der Waals surface area contributed by atoms with Gasteiger partial charge in [-0.2, -0.15) is 0 Å². The topological polar surface area (TPSA) is 105 Å². The molecule has 0 heterocycles. The van der Waals surface area contributed by atoms with E-state index >= 15 is 0 Å². The van der Waals surface area contributed by atoms with Gasteiger partial charge in [-0.15, -0.1) is 0 Å². The van der Waals surface area contributed by atoms with E-state index in [-0.39, 0.29) is 28.8 Å². The van der Waals surface area contributed by atoms with Gasteiger partial charge in [0, 0.05) is 22.2 Å². The lowest BCUT2D eigenvalue weighted by molar-refractivity contribution is -0.140.